The zero-order valence-corrected chi connectivity index (χ0v) is 18.2. The molecule has 0 fully saturated rings. The number of nitrogens with two attached hydrogens (primary N) is 1. The van der Waals surface area contributed by atoms with E-state index in [-0.39, 0.29) is 0 Å². The third kappa shape index (κ3) is 20.1. The van der Waals surface area contributed by atoms with E-state index >= 15 is 0 Å². The van der Waals surface area contributed by atoms with Gasteiger partial charge in [-0.1, -0.05) is 103 Å². The van der Waals surface area contributed by atoms with Crippen molar-refractivity contribution >= 4 is 0 Å². The van der Waals surface area contributed by atoms with E-state index in [1.165, 1.54) is 116 Å². The number of hydrogen-bond donors (Lipinski definition) is 1. The Morgan fingerprint density at radius 1 is 0.480 bits per heavy atom. The van der Waals surface area contributed by atoms with E-state index in [2.05, 4.69) is 21.0 Å². The lowest BCUT2D eigenvalue weighted by Gasteiger charge is -2.29. The minimum Gasteiger partial charge on any atom is -0.327 e. The third-order valence-electron chi connectivity index (χ3n) is 5.60. The standard InChI is InChI=1S/C23H51N2/c1-4-5-6-7-8-9-10-11-12-13-14-15-16-17-18-19-20-22-25(2,3)23-21-24/h4-24H2,1-3H3/q+1. The summed E-state index contributed by atoms with van der Waals surface area (Å²) in [5, 5.41) is 0. The molecule has 2 N–H and O–H groups in total. The lowest BCUT2D eigenvalue weighted by Crippen LogP contribution is -2.44. The minimum atomic E-state index is 0.811. The summed E-state index contributed by atoms with van der Waals surface area (Å²) >= 11 is 0. The molecule has 0 heterocycles. The summed E-state index contributed by atoms with van der Waals surface area (Å²) in [7, 11) is 4.61. The van der Waals surface area contributed by atoms with Gasteiger partial charge in [0.2, 0.25) is 0 Å². The van der Waals surface area contributed by atoms with Crippen LogP contribution in [0, 0.1) is 0 Å². The third-order valence-corrected chi connectivity index (χ3v) is 5.60. The van der Waals surface area contributed by atoms with Crippen molar-refractivity contribution in [3.05, 3.63) is 0 Å². The molecule has 2 nitrogen and oxygen atoms in total. The molecule has 152 valence electrons. The summed E-state index contributed by atoms with van der Waals surface area (Å²) in [5.74, 6) is 0. The number of nitrogens with zero attached hydrogens (tertiary/aromatic N) is 1. The molecule has 0 radical (unpaired) electrons. The van der Waals surface area contributed by atoms with E-state index in [1.807, 2.05) is 0 Å². The van der Waals surface area contributed by atoms with Gasteiger partial charge < -0.3 is 10.2 Å². The highest BCUT2D eigenvalue weighted by atomic mass is 15.3. The van der Waals surface area contributed by atoms with Crippen LogP contribution in [0.3, 0.4) is 0 Å². The van der Waals surface area contributed by atoms with Gasteiger partial charge >= 0.3 is 0 Å². The first kappa shape index (κ1) is 24.9. The highest BCUT2D eigenvalue weighted by molar-refractivity contribution is 4.50. The monoisotopic (exact) mass is 355 g/mol. The molecule has 2 heteroatoms. The van der Waals surface area contributed by atoms with Crippen molar-refractivity contribution < 1.29 is 4.48 Å². The van der Waals surface area contributed by atoms with Gasteiger partial charge in [0.25, 0.3) is 0 Å². The van der Waals surface area contributed by atoms with E-state index < -0.39 is 0 Å². The van der Waals surface area contributed by atoms with Crippen LogP contribution in [0.4, 0.5) is 0 Å². The first-order valence-electron chi connectivity index (χ1n) is 11.6. The van der Waals surface area contributed by atoms with E-state index in [0.29, 0.717) is 0 Å². The fourth-order valence-corrected chi connectivity index (χ4v) is 3.73. The van der Waals surface area contributed by atoms with Crippen LogP contribution in [0.5, 0.6) is 0 Å². The maximum atomic E-state index is 5.67. The Hall–Kier alpha value is -0.0800. The van der Waals surface area contributed by atoms with Crippen LogP contribution in [0.25, 0.3) is 0 Å². The van der Waals surface area contributed by atoms with Gasteiger partial charge in [0.1, 0.15) is 0 Å². The van der Waals surface area contributed by atoms with Crippen molar-refractivity contribution in [2.75, 3.05) is 33.7 Å². The maximum absolute atomic E-state index is 5.67. The predicted molar refractivity (Wildman–Crippen MR) is 115 cm³/mol. The van der Waals surface area contributed by atoms with Gasteiger partial charge in [-0.15, -0.1) is 0 Å². The molecule has 0 amide bonds. The molecule has 0 saturated heterocycles. The van der Waals surface area contributed by atoms with Crippen molar-refractivity contribution in [2.45, 2.75) is 116 Å². The number of quaternary nitrogens is 1. The zero-order chi connectivity index (χ0) is 18.6. The molecule has 0 rings (SSSR count). The molecule has 0 aromatic rings. The number of likely N-dealkylation sites (N-methyl/N-ethyl adjacent to an activating group) is 1. The summed E-state index contributed by atoms with van der Waals surface area (Å²) < 4.78 is 1.09. The second kappa shape index (κ2) is 18.7. The molecule has 0 aliphatic rings. The van der Waals surface area contributed by atoms with Gasteiger partial charge in [0, 0.05) is 6.54 Å². The fraction of sp³-hybridized carbons (Fsp3) is 1.00. The second-order valence-electron chi connectivity index (χ2n) is 8.83. The van der Waals surface area contributed by atoms with Gasteiger partial charge in [-0.3, -0.25) is 0 Å². The highest BCUT2D eigenvalue weighted by Gasteiger charge is 2.12. The molecule has 0 aliphatic heterocycles. The van der Waals surface area contributed by atoms with Crippen LogP contribution in [0.15, 0.2) is 0 Å². The molecular weight excluding hydrogens is 304 g/mol. The first-order valence-corrected chi connectivity index (χ1v) is 11.6. The lowest BCUT2D eigenvalue weighted by molar-refractivity contribution is -0.889. The average molecular weight is 356 g/mol. The number of hydrogen-bond acceptors (Lipinski definition) is 1. The molecule has 0 unspecified atom stereocenters. The van der Waals surface area contributed by atoms with Gasteiger partial charge in [0.05, 0.1) is 27.2 Å². The number of unbranched alkanes of at least 4 members (excludes halogenated alkanes) is 16. The van der Waals surface area contributed by atoms with Crippen LogP contribution < -0.4 is 5.73 Å². The van der Waals surface area contributed by atoms with Crippen molar-refractivity contribution in [1.29, 1.82) is 0 Å². The van der Waals surface area contributed by atoms with Crippen LogP contribution in [0.1, 0.15) is 116 Å². The Morgan fingerprint density at radius 2 is 0.800 bits per heavy atom. The van der Waals surface area contributed by atoms with Crippen LogP contribution in [0.2, 0.25) is 0 Å². The van der Waals surface area contributed by atoms with E-state index in [4.69, 9.17) is 5.73 Å². The zero-order valence-electron chi connectivity index (χ0n) is 18.2. The van der Waals surface area contributed by atoms with Crippen molar-refractivity contribution in [1.82, 2.24) is 0 Å². The molecule has 0 atom stereocenters. The van der Waals surface area contributed by atoms with Crippen LogP contribution in [-0.4, -0.2) is 38.2 Å². The number of rotatable bonds is 20. The van der Waals surface area contributed by atoms with E-state index in [0.717, 1.165) is 17.6 Å². The molecule has 0 saturated carbocycles. The predicted octanol–water partition coefficient (Wildman–Crippen LogP) is 6.67. The molecule has 0 bridgehead atoms. The minimum absolute atomic E-state index is 0.811. The van der Waals surface area contributed by atoms with Crippen molar-refractivity contribution in [3.63, 3.8) is 0 Å². The molecule has 0 aromatic heterocycles. The quantitative estimate of drug-likeness (QED) is 0.191. The normalized spacial score (nSPS) is 12.0. The van der Waals surface area contributed by atoms with Gasteiger partial charge in [-0.2, -0.15) is 0 Å². The lowest BCUT2D eigenvalue weighted by atomic mass is 10.0. The molecule has 0 spiro atoms. The van der Waals surface area contributed by atoms with Crippen LogP contribution in [-0.2, 0) is 0 Å². The summed E-state index contributed by atoms with van der Waals surface area (Å²) in [5.41, 5.74) is 5.67. The van der Waals surface area contributed by atoms with Crippen LogP contribution >= 0.6 is 0 Å². The Balaban J connectivity index is 3.10. The smallest absolute Gasteiger partial charge is 0.0907 e. The Bertz CT molecular complexity index is 250. The molecular formula is C23H51N2+. The Labute approximate surface area is 160 Å². The largest absolute Gasteiger partial charge is 0.327 e. The Morgan fingerprint density at radius 3 is 1.12 bits per heavy atom. The summed E-state index contributed by atoms with van der Waals surface area (Å²) in [6.45, 7) is 5.51. The Kier molecular flexibility index (Phi) is 18.6. The topological polar surface area (TPSA) is 26.0 Å². The van der Waals surface area contributed by atoms with Gasteiger partial charge in [-0.05, 0) is 12.8 Å². The first-order chi connectivity index (χ1) is 12.1. The molecule has 25 heavy (non-hydrogen) atoms. The van der Waals surface area contributed by atoms with E-state index in [1.54, 1.807) is 0 Å². The van der Waals surface area contributed by atoms with Gasteiger partial charge in [0.15, 0.2) is 0 Å². The van der Waals surface area contributed by atoms with Crippen molar-refractivity contribution in [3.8, 4) is 0 Å². The fourth-order valence-electron chi connectivity index (χ4n) is 3.73. The average Bonchev–Trinajstić information content (AvgIpc) is 2.57. The summed E-state index contributed by atoms with van der Waals surface area (Å²) in [4.78, 5) is 0. The van der Waals surface area contributed by atoms with Crippen molar-refractivity contribution in [2.24, 2.45) is 5.73 Å². The molecule has 0 aliphatic carbocycles. The summed E-state index contributed by atoms with van der Waals surface area (Å²) in [6.07, 6.45) is 24.6. The highest BCUT2D eigenvalue weighted by Crippen LogP contribution is 2.14. The molecule has 0 aromatic carbocycles. The summed E-state index contributed by atoms with van der Waals surface area (Å²) in [6, 6.07) is 0. The maximum Gasteiger partial charge on any atom is 0.0907 e. The van der Waals surface area contributed by atoms with E-state index in [9.17, 15) is 0 Å². The second-order valence-corrected chi connectivity index (χ2v) is 8.83. The van der Waals surface area contributed by atoms with Gasteiger partial charge in [-0.25, -0.2) is 0 Å². The SMILES string of the molecule is CCCCCCCCCCCCCCCCCCC[N+](C)(C)CCN.